The first-order chi connectivity index (χ1) is 14.2. The molecule has 0 heterocycles. The van der Waals surface area contributed by atoms with Crippen LogP contribution in [0.25, 0.3) is 6.08 Å². The van der Waals surface area contributed by atoms with Gasteiger partial charge in [-0.3, -0.25) is 0 Å². The molecule has 0 unspecified atom stereocenters. The van der Waals surface area contributed by atoms with E-state index in [1.807, 2.05) is 0 Å². The van der Waals surface area contributed by atoms with E-state index in [9.17, 15) is 0 Å². The lowest BCUT2D eigenvalue weighted by Crippen LogP contribution is -2.14. The Morgan fingerprint density at radius 3 is 1.93 bits per heavy atom. The lowest BCUT2D eigenvalue weighted by Gasteiger charge is -2.25. The SMILES string of the molecule is CC1=CC(P(c2ccccc2)c2ccccc2)=C([C@@H]2C(C)=Cc3ccccc32)C1. The standard InChI is InChI=1S/C28H25P/c1-20-17-26(28-21(2)19-22-11-9-10-16-25(22)28)27(18-20)29(23-12-5-3-6-13-23)24-14-7-4-8-15-24/h3-16,18-19,28H,17H2,1-2H3/t28-/m1/s1. The van der Waals surface area contributed by atoms with Crippen molar-refractivity contribution in [1.29, 1.82) is 0 Å². The van der Waals surface area contributed by atoms with E-state index in [1.54, 1.807) is 10.9 Å². The first kappa shape index (κ1) is 18.3. The van der Waals surface area contributed by atoms with Crippen LogP contribution in [-0.4, -0.2) is 0 Å². The van der Waals surface area contributed by atoms with Gasteiger partial charge < -0.3 is 0 Å². The first-order valence-corrected chi connectivity index (χ1v) is 11.6. The molecule has 3 aromatic carbocycles. The molecule has 0 aliphatic heterocycles. The highest BCUT2D eigenvalue weighted by Crippen LogP contribution is 2.55. The van der Waals surface area contributed by atoms with Gasteiger partial charge in [-0.05, 0) is 60.8 Å². The maximum absolute atomic E-state index is 2.48. The van der Waals surface area contributed by atoms with Gasteiger partial charge in [0, 0.05) is 5.92 Å². The highest BCUT2D eigenvalue weighted by molar-refractivity contribution is 7.77. The lowest BCUT2D eigenvalue weighted by molar-refractivity contribution is 0.901. The molecule has 29 heavy (non-hydrogen) atoms. The molecule has 0 aromatic heterocycles. The summed E-state index contributed by atoms with van der Waals surface area (Å²) in [5.74, 6) is 0.410. The molecule has 0 saturated heterocycles. The third-order valence-corrected chi connectivity index (χ3v) is 8.47. The fourth-order valence-electron chi connectivity index (χ4n) is 4.75. The summed E-state index contributed by atoms with van der Waals surface area (Å²) in [4.78, 5) is 0. The van der Waals surface area contributed by atoms with Crippen LogP contribution < -0.4 is 10.6 Å². The van der Waals surface area contributed by atoms with E-state index in [4.69, 9.17) is 0 Å². The zero-order valence-electron chi connectivity index (χ0n) is 17.0. The number of fused-ring (bicyclic) bond motifs is 1. The van der Waals surface area contributed by atoms with E-state index in [2.05, 4.69) is 111 Å². The van der Waals surface area contributed by atoms with Crippen molar-refractivity contribution in [2.24, 2.45) is 0 Å². The summed E-state index contributed by atoms with van der Waals surface area (Å²) in [6.45, 7) is 4.59. The quantitative estimate of drug-likeness (QED) is 0.423. The molecule has 0 nitrogen and oxygen atoms in total. The molecular weight excluding hydrogens is 367 g/mol. The van der Waals surface area contributed by atoms with Gasteiger partial charge in [0.2, 0.25) is 0 Å². The second-order valence-corrected chi connectivity index (χ2v) is 10.2. The Kier molecular flexibility index (Phi) is 4.82. The molecule has 3 aromatic rings. The highest BCUT2D eigenvalue weighted by Gasteiger charge is 2.32. The molecule has 2 aliphatic carbocycles. The van der Waals surface area contributed by atoms with Gasteiger partial charge >= 0.3 is 0 Å². The van der Waals surface area contributed by atoms with Crippen LogP contribution in [0.3, 0.4) is 0 Å². The normalized spacial score (nSPS) is 18.1. The maximum Gasteiger partial charge on any atom is 0.0277 e. The second-order valence-electron chi connectivity index (χ2n) is 8.03. The first-order valence-electron chi connectivity index (χ1n) is 10.3. The minimum absolute atomic E-state index is 0.410. The molecular formula is C28H25P. The molecule has 0 fully saturated rings. The van der Waals surface area contributed by atoms with Gasteiger partial charge in [0.25, 0.3) is 0 Å². The Hall–Kier alpha value is -2.69. The summed E-state index contributed by atoms with van der Waals surface area (Å²) in [5.41, 5.74) is 7.40. The predicted molar refractivity (Wildman–Crippen MR) is 127 cm³/mol. The molecule has 142 valence electrons. The van der Waals surface area contributed by atoms with Crippen LogP contribution in [0.2, 0.25) is 0 Å². The van der Waals surface area contributed by atoms with E-state index in [0.717, 1.165) is 6.42 Å². The van der Waals surface area contributed by atoms with Crippen molar-refractivity contribution >= 4 is 24.6 Å². The number of hydrogen-bond donors (Lipinski definition) is 0. The van der Waals surface area contributed by atoms with Crippen LogP contribution in [0.15, 0.2) is 113 Å². The van der Waals surface area contributed by atoms with E-state index in [0.29, 0.717) is 5.92 Å². The minimum atomic E-state index is -0.566. The van der Waals surface area contributed by atoms with Crippen LogP contribution in [0, 0.1) is 0 Å². The Morgan fingerprint density at radius 2 is 1.28 bits per heavy atom. The molecule has 0 amide bonds. The fraction of sp³-hybridized carbons (Fsp3) is 0.143. The molecule has 0 spiro atoms. The van der Waals surface area contributed by atoms with E-state index in [-0.39, 0.29) is 0 Å². The predicted octanol–water partition coefficient (Wildman–Crippen LogP) is 6.92. The summed E-state index contributed by atoms with van der Waals surface area (Å²) >= 11 is 0. The summed E-state index contributed by atoms with van der Waals surface area (Å²) in [5, 5.41) is 4.41. The minimum Gasteiger partial charge on any atom is -0.0685 e. The van der Waals surface area contributed by atoms with E-state index >= 15 is 0 Å². The number of allylic oxidation sites excluding steroid dienone is 5. The Bertz CT molecular complexity index is 1090. The third kappa shape index (κ3) is 3.33. The smallest absolute Gasteiger partial charge is 0.0277 e. The largest absolute Gasteiger partial charge is 0.0685 e. The van der Waals surface area contributed by atoms with Crippen LogP contribution >= 0.6 is 7.92 Å². The molecule has 0 saturated carbocycles. The Morgan fingerprint density at radius 1 is 0.690 bits per heavy atom. The van der Waals surface area contributed by atoms with Gasteiger partial charge in [-0.15, -0.1) is 0 Å². The fourth-order valence-corrected chi connectivity index (χ4v) is 7.39. The van der Waals surface area contributed by atoms with Gasteiger partial charge in [0.1, 0.15) is 0 Å². The molecule has 0 N–H and O–H groups in total. The zero-order chi connectivity index (χ0) is 19.8. The van der Waals surface area contributed by atoms with Crippen molar-refractivity contribution < 1.29 is 0 Å². The van der Waals surface area contributed by atoms with Crippen LogP contribution in [0.1, 0.15) is 37.3 Å². The number of hydrogen-bond acceptors (Lipinski definition) is 0. The van der Waals surface area contributed by atoms with Crippen LogP contribution in [0.5, 0.6) is 0 Å². The third-order valence-electron chi connectivity index (χ3n) is 5.95. The van der Waals surface area contributed by atoms with Crippen molar-refractivity contribution in [2.75, 3.05) is 0 Å². The van der Waals surface area contributed by atoms with Gasteiger partial charge in [0.15, 0.2) is 0 Å². The Balaban J connectivity index is 1.71. The Labute approximate surface area is 175 Å². The monoisotopic (exact) mass is 392 g/mol. The van der Waals surface area contributed by atoms with Crippen molar-refractivity contribution in [2.45, 2.75) is 26.2 Å². The zero-order valence-corrected chi connectivity index (χ0v) is 17.9. The summed E-state index contributed by atoms with van der Waals surface area (Å²) in [7, 11) is -0.566. The number of rotatable bonds is 4. The molecule has 1 heteroatoms. The summed E-state index contributed by atoms with van der Waals surface area (Å²) < 4.78 is 0. The summed E-state index contributed by atoms with van der Waals surface area (Å²) in [6, 6.07) is 31.1. The lowest BCUT2D eigenvalue weighted by atomic mass is 9.87. The van der Waals surface area contributed by atoms with Gasteiger partial charge in [-0.25, -0.2) is 0 Å². The average molecular weight is 392 g/mol. The van der Waals surface area contributed by atoms with Crippen LogP contribution in [0.4, 0.5) is 0 Å². The number of benzene rings is 3. The van der Waals surface area contributed by atoms with E-state index in [1.165, 1.54) is 32.9 Å². The van der Waals surface area contributed by atoms with Crippen molar-refractivity contribution in [3.8, 4) is 0 Å². The highest BCUT2D eigenvalue weighted by atomic mass is 31.1. The second kappa shape index (κ2) is 7.62. The van der Waals surface area contributed by atoms with Crippen molar-refractivity contribution in [3.63, 3.8) is 0 Å². The van der Waals surface area contributed by atoms with E-state index < -0.39 is 7.92 Å². The maximum atomic E-state index is 2.48. The molecule has 0 radical (unpaired) electrons. The average Bonchev–Trinajstić information content (AvgIpc) is 3.28. The summed E-state index contributed by atoms with van der Waals surface area (Å²) in [6.07, 6.45) is 5.94. The molecule has 1 atom stereocenters. The van der Waals surface area contributed by atoms with Crippen LogP contribution in [-0.2, 0) is 0 Å². The van der Waals surface area contributed by atoms with Gasteiger partial charge in [0.05, 0.1) is 0 Å². The van der Waals surface area contributed by atoms with Crippen molar-refractivity contribution in [3.05, 3.63) is 124 Å². The van der Waals surface area contributed by atoms with Gasteiger partial charge in [-0.1, -0.05) is 108 Å². The van der Waals surface area contributed by atoms with Crippen molar-refractivity contribution in [1.82, 2.24) is 0 Å². The molecule has 5 rings (SSSR count). The molecule has 0 bridgehead atoms. The van der Waals surface area contributed by atoms with Gasteiger partial charge in [-0.2, -0.15) is 0 Å². The topological polar surface area (TPSA) is 0 Å². The molecule has 2 aliphatic rings.